The number of hydrogen-bond donors (Lipinski definition) is 6. The predicted octanol–water partition coefficient (Wildman–Crippen LogP) is 1.84. The summed E-state index contributed by atoms with van der Waals surface area (Å²) in [6, 6.07) is 11.1. The quantitative estimate of drug-likeness (QED) is 0.143. The molecule has 14 heteroatoms. The van der Waals surface area contributed by atoms with E-state index < -0.39 is 42.4 Å². The second-order valence-electron chi connectivity index (χ2n) is 12.7. The lowest BCUT2D eigenvalue weighted by molar-refractivity contribution is -0.235. The van der Waals surface area contributed by atoms with Crippen molar-refractivity contribution in [2.24, 2.45) is 10.7 Å². The zero-order valence-electron chi connectivity index (χ0n) is 27.7. The molecule has 264 valence electrons. The minimum Gasteiger partial charge on any atom is -0.391 e. The van der Waals surface area contributed by atoms with E-state index in [-0.39, 0.29) is 24.8 Å². The summed E-state index contributed by atoms with van der Waals surface area (Å²) in [6.45, 7) is 2.95. The highest BCUT2D eigenvalue weighted by molar-refractivity contribution is 6.24. The fourth-order valence-corrected chi connectivity index (χ4v) is 5.97. The van der Waals surface area contributed by atoms with Gasteiger partial charge in [-0.05, 0) is 68.9 Å². The maximum Gasteiger partial charge on any atom is 0.260 e. The standard InChI is InChI=1S/C35H46N6O8/c1-21(32(45)39-23-13-14-28-22(17-23)19-41-31(40-28)25-9-4-5-10-26(25)34(41)47)38-33(46)27(36)11-6-7-15-37-30(44)12-3-2-8-16-48-35-29(43)18-24(42)20-49-35/h4-5,9-10,13-14,17,21,24,27,29,35,42-43H,2-3,6-8,11-12,15-16,18-20,36H2,1H3,(H,37,44)(H,38,46)(H,39,45)/t21-,24+,27+,29?,35+/m1/s1. The summed E-state index contributed by atoms with van der Waals surface area (Å²) in [4.78, 5) is 56.8. The average molecular weight is 679 g/mol. The van der Waals surface area contributed by atoms with Crippen molar-refractivity contribution >= 4 is 40.8 Å². The highest BCUT2D eigenvalue weighted by Crippen LogP contribution is 2.35. The molecule has 1 unspecified atom stereocenters. The number of nitrogens with one attached hydrogen (secondary N) is 3. The normalized spacial score (nSPS) is 20.7. The zero-order valence-corrected chi connectivity index (χ0v) is 27.7. The van der Waals surface area contributed by atoms with Crippen molar-refractivity contribution in [1.82, 2.24) is 15.5 Å². The van der Waals surface area contributed by atoms with Gasteiger partial charge in [-0.3, -0.25) is 24.1 Å². The predicted molar refractivity (Wildman–Crippen MR) is 181 cm³/mol. The Hall–Kier alpha value is -4.21. The molecule has 5 atom stereocenters. The first-order valence-corrected chi connectivity index (χ1v) is 17.0. The van der Waals surface area contributed by atoms with Gasteiger partial charge in [0.1, 0.15) is 18.0 Å². The highest BCUT2D eigenvalue weighted by atomic mass is 16.7. The number of amidine groups is 1. The van der Waals surface area contributed by atoms with Crippen LogP contribution in [0.3, 0.4) is 0 Å². The van der Waals surface area contributed by atoms with Gasteiger partial charge >= 0.3 is 0 Å². The van der Waals surface area contributed by atoms with Gasteiger partial charge in [0, 0.05) is 37.2 Å². The number of aliphatic hydroxyl groups excluding tert-OH is 2. The van der Waals surface area contributed by atoms with E-state index in [4.69, 9.17) is 20.2 Å². The summed E-state index contributed by atoms with van der Waals surface area (Å²) in [5.41, 5.74) is 9.56. The molecule has 3 heterocycles. The average Bonchev–Trinajstić information content (AvgIpc) is 3.36. The molecule has 3 aliphatic heterocycles. The molecule has 4 amide bonds. The Labute approximate surface area is 285 Å². The number of carbonyl (C=O) groups is 4. The topological polar surface area (TPSA) is 205 Å². The lowest BCUT2D eigenvalue weighted by Gasteiger charge is -2.30. The minimum absolute atomic E-state index is 0.0469. The number of ether oxygens (including phenoxy) is 2. The van der Waals surface area contributed by atoms with Gasteiger partial charge in [-0.2, -0.15) is 0 Å². The van der Waals surface area contributed by atoms with Crippen molar-refractivity contribution in [3.63, 3.8) is 0 Å². The molecule has 14 nitrogen and oxygen atoms in total. The highest BCUT2D eigenvalue weighted by Gasteiger charge is 2.36. The second kappa shape index (κ2) is 16.9. The molecule has 0 saturated carbocycles. The van der Waals surface area contributed by atoms with Crippen LogP contribution in [-0.4, -0.2) is 94.9 Å². The molecule has 2 aromatic carbocycles. The number of hydrogen-bond acceptors (Lipinski definition) is 10. The number of nitrogens with two attached hydrogens (primary N) is 1. The third-order valence-electron chi connectivity index (χ3n) is 8.76. The molecule has 0 radical (unpaired) electrons. The summed E-state index contributed by atoms with van der Waals surface area (Å²) in [5, 5.41) is 27.7. The number of anilines is 1. The van der Waals surface area contributed by atoms with E-state index in [2.05, 4.69) is 16.0 Å². The van der Waals surface area contributed by atoms with E-state index >= 15 is 0 Å². The summed E-state index contributed by atoms with van der Waals surface area (Å²) in [5.74, 6) is -0.358. The molecule has 5 rings (SSSR count). The Kier molecular flexibility index (Phi) is 12.5. The first kappa shape index (κ1) is 36.1. The molecular formula is C35H46N6O8. The van der Waals surface area contributed by atoms with E-state index in [1.807, 2.05) is 18.2 Å². The number of unbranched alkanes of at least 4 members (excludes halogenated alkanes) is 3. The Balaban J connectivity index is 0.930. The number of amides is 4. The zero-order chi connectivity index (χ0) is 34.9. The number of fused-ring (bicyclic) bond motifs is 4. The lowest BCUT2D eigenvalue weighted by atomic mass is 10.1. The second-order valence-corrected chi connectivity index (χ2v) is 12.7. The minimum atomic E-state index is -0.841. The van der Waals surface area contributed by atoms with Crippen LogP contribution in [0.15, 0.2) is 47.5 Å². The van der Waals surface area contributed by atoms with Crippen LogP contribution in [0, 0.1) is 0 Å². The smallest absolute Gasteiger partial charge is 0.260 e. The van der Waals surface area contributed by atoms with Crippen LogP contribution >= 0.6 is 0 Å². The third-order valence-corrected chi connectivity index (χ3v) is 8.76. The number of nitrogens with zero attached hydrogens (tertiary/aromatic N) is 2. The van der Waals surface area contributed by atoms with Crippen molar-refractivity contribution in [2.75, 3.05) is 25.1 Å². The summed E-state index contributed by atoms with van der Waals surface area (Å²) in [7, 11) is 0. The Morgan fingerprint density at radius 3 is 2.65 bits per heavy atom. The SMILES string of the molecule is C[C@@H](NC(=O)[C@@H](N)CCCCNC(=O)CCCCCO[C@H]1OC[C@@H](O)CC1O)C(=O)Nc1ccc2c(c1)CN1C(=O)c3ccccc3C1=N2. The van der Waals surface area contributed by atoms with E-state index in [9.17, 15) is 29.4 Å². The summed E-state index contributed by atoms with van der Waals surface area (Å²) in [6.07, 6.45) is 2.31. The van der Waals surface area contributed by atoms with Gasteiger partial charge in [0.15, 0.2) is 6.29 Å². The van der Waals surface area contributed by atoms with Crippen LogP contribution in [0.1, 0.15) is 79.8 Å². The largest absolute Gasteiger partial charge is 0.391 e. The Morgan fingerprint density at radius 2 is 1.86 bits per heavy atom. The molecule has 0 aromatic heterocycles. The van der Waals surface area contributed by atoms with Gasteiger partial charge in [-0.1, -0.05) is 24.6 Å². The van der Waals surface area contributed by atoms with E-state index in [1.165, 1.54) is 0 Å². The van der Waals surface area contributed by atoms with E-state index in [1.54, 1.807) is 36.1 Å². The van der Waals surface area contributed by atoms with E-state index in [0.717, 1.165) is 29.7 Å². The van der Waals surface area contributed by atoms with Crippen LogP contribution in [0.25, 0.3) is 0 Å². The molecule has 3 aliphatic rings. The van der Waals surface area contributed by atoms with E-state index in [0.29, 0.717) is 68.9 Å². The number of carbonyl (C=O) groups excluding carboxylic acids is 4. The fourth-order valence-electron chi connectivity index (χ4n) is 5.97. The third kappa shape index (κ3) is 9.49. The number of aliphatic hydroxyl groups is 2. The molecule has 1 saturated heterocycles. The first-order valence-electron chi connectivity index (χ1n) is 17.0. The van der Waals surface area contributed by atoms with Crippen LogP contribution in [0.4, 0.5) is 11.4 Å². The van der Waals surface area contributed by atoms with Gasteiger partial charge in [0.2, 0.25) is 17.7 Å². The van der Waals surface area contributed by atoms with Gasteiger partial charge in [-0.15, -0.1) is 0 Å². The maximum absolute atomic E-state index is 12.9. The molecule has 0 spiro atoms. The molecule has 2 aromatic rings. The van der Waals surface area contributed by atoms with Crippen molar-refractivity contribution in [3.05, 3.63) is 59.2 Å². The van der Waals surface area contributed by atoms with Crippen molar-refractivity contribution < 1.29 is 38.9 Å². The van der Waals surface area contributed by atoms with Crippen LogP contribution in [-0.2, 0) is 30.4 Å². The molecule has 1 fully saturated rings. The fraction of sp³-hybridized carbons (Fsp3) is 0.514. The van der Waals surface area contributed by atoms with Crippen LogP contribution in [0.5, 0.6) is 0 Å². The number of rotatable bonds is 16. The molecule has 49 heavy (non-hydrogen) atoms. The first-order chi connectivity index (χ1) is 23.6. The lowest BCUT2D eigenvalue weighted by Crippen LogP contribution is -2.48. The van der Waals surface area contributed by atoms with Gasteiger partial charge in [0.05, 0.1) is 36.5 Å². The molecule has 0 bridgehead atoms. The monoisotopic (exact) mass is 678 g/mol. The molecular weight excluding hydrogens is 632 g/mol. The van der Waals surface area contributed by atoms with Crippen LogP contribution in [0.2, 0.25) is 0 Å². The molecule has 7 N–H and O–H groups in total. The van der Waals surface area contributed by atoms with Crippen LogP contribution < -0.4 is 21.7 Å². The maximum atomic E-state index is 12.9. The number of benzene rings is 2. The Bertz CT molecular complexity index is 1550. The summed E-state index contributed by atoms with van der Waals surface area (Å²) >= 11 is 0. The van der Waals surface area contributed by atoms with Crippen molar-refractivity contribution in [2.45, 2.75) is 95.4 Å². The molecule has 0 aliphatic carbocycles. The van der Waals surface area contributed by atoms with Crippen molar-refractivity contribution in [3.8, 4) is 0 Å². The number of aliphatic imine (C=N–C) groups is 1. The Morgan fingerprint density at radius 1 is 1.06 bits per heavy atom. The van der Waals surface area contributed by atoms with Crippen molar-refractivity contribution in [1.29, 1.82) is 0 Å². The van der Waals surface area contributed by atoms with Gasteiger partial charge < -0.3 is 41.4 Å². The van der Waals surface area contributed by atoms with Gasteiger partial charge in [0.25, 0.3) is 5.91 Å². The van der Waals surface area contributed by atoms with Gasteiger partial charge in [-0.25, -0.2) is 4.99 Å². The summed E-state index contributed by atoms with van der Waals surface area (Å²) < 4.78 is 10.8.